The fourth-order valence-electron chi connectivity index (χ4n) is 2.45. The first kappa shape index (κ1) is 12.8. The molecule has 20 heavy (non-hydrogen) atoms. The van der Waals surface area contributed by atoms with Crippen LogP contribution in [0.1, 0.15) is 5.56 Å². The van der Waals surface area contributed by atoms with Crippen LogP contribution in [0.2, 0.25) is 5.02 Å². The molecule has 100 valence electrons. The van der Waals surface area contributed by atoms with Gasteiger partial charge in [0.2, 0.25) is 0 Å². The van der Waals surface area contributed by atoms with Crippen LogP contribution in [0.3, 0.4) is 0 Å². The van der Waals surface area contributed by atoms with E-state index in [4.69, 9.17) is 11.6 Å². The van der Waals surface area contributed by atoms with Gasteiger partial charge in [0.1, 0.15) is 5.75 Å². The van der Waals surface area contributed by atoms with Gasteiger partial charge in [0, 0.05) is 27.9 Å². The molecule has 0 saturated heterocycles. The van der Waals surface area contributed by atoms with Crippen LogP contribution >= 0.6 is 11.6 Å². The predicted octanol–water partition coefficient (Wildman–Crippen LogP) is 4.72. The van der Waals surface area contributed by atoms with Gasteiger partial charge in [-0.1, -0.05) is 17.7 Å². The molecule has 2 aromatic carbocycles. The normalized spacial score (nSPS) is 10.8. The first-order chi connectivity index (χ1) is 9.70. The lowest BCUT2D eigenvalue weighted by molar-refractivity contribution is 0.471. The highest BCUT2D eigenvalue weighted by Crippen LogP contribution is 2.30. The second kappa shape index (κ2) is 5.06. The SMILES string of the molecule is C=CCc1c(O)ccc2c1ccn2-c1ccc(Cl)cc1. The molecule has 1 aromatic heterocycles. The fraction of sp³-hybridized carbons (Fsp3) is 0.0588. The zero-order valence-electron chi connectivity index (χ0n) is 10.9. The van der Waals surface area contributed by atoms with Crippen molar-refractivity contribution in [3.05, 3.63) is 71.9 Å². The number of hydrogen-bond donors (Lipinski definition) is 1. The zero-order valence-corrected chi connectivity index (χ0v) is 11.6. The summed E-state index contributed by atoms with van der Waals surface area (Å²) in [6, 6.07) is 13.4. The van der Waals surface area contributed by atoms with Crippen LogP contribution in [-0.2, 0) is 6.42 Å². The van der Waals surface area contributed by atoms with Crippen LogP contribution in [0.4, 0.5) is 0 Å². The molecule has 0 aliphatic heterocycles. The van der Waals surface area contributed by atoms with Gasteiger partial charge in [0.25, 0.3) is 0 Å². The maximum absolute atomic E-state index is 9.98. The fourth-order valence-corrected chi connectivity index (χ4v) is 2.58. The molecule has 3 rings (SSSR count). The van der Waals surface area contributed by atoms with Crippen LogP contribution in [0.25, 0.3) is 16.6 Å². The second-order valence-electron chi connectivity index (χ2n) is 4.65. The molecule has 3 heteroatoms. The predicted molar refractivity (Wildman–Crippen MR) is 83.9 cm³/mol. The Bertz CT molecular complexity index is 772. The van der Waals surface area contributed by atoms with Crippen LogP contribution in [-0.4, -0.2) is 9.67 Å². The number of rotatable bonds is 3. The highest BCUT2D eigenvalue weighted by atomic mass is 35.5. The summed E-state index contributed by atoms with van der Waals surface area (Å²) in [5, 5.41) is 11.7. The van der Waals surface area contributed by atoms with Crippen molar-refractivity contribution in [1.29, 1.82) is 0 Å². The Labute approximate surface area is 122 Å². The maximum atomic E-state index is 9.98. The average molecular weight is 284 g/mol. The van der Waals surface area contributed by atoms with Gasteiger partial charge in [0.15, 0.2) is 0 Å². The summed E-state index contributed by atoms with van der Waals surface area (Å²) in [5.41, 5.74) is 3.01. The second-order valence-corrected chi connectivity index (χ2v) is 5.09. The Morgan fingerprint density at radius 1 is 1.10 bits per heavy atom. The quantitative estimate of drug-likeness (QED) is 0.692. The van der Waals surface area contributed by atoms with Gasteiger partial charge < -0.3 is 9.67 Å². The molecule has 0 aliphatic carbocycles. The third kappa shape index (κ3) is 2.08. The van der Waals surface area contributed by atoms with Crippen molar-refractivity contribution in [1.82, 2.24) is 4.57 Å². The van der Waals surface area contributed by atoms with Crippen molar-refractivity contribution >= 4 is 22.5 Å². The Kier molecular flexibility index (Phi) is 3.25. The molecule has 0 amide bonds. The van der Waals surface area contributed by atoms with E-state index in [-0.39, 0.29) is 0 Å². The zero-order chi connectivity index (χ0) is 14.1. The Balaban J connectivity index is 2.21. The van der Waals surface area contributed by atoms with Gasteiger partial charge in [-0.15, -0.1) is 6.58 Å². The summed E-state index contributed by atoms with van der Waals surface area (Å²) in [6.45, 7) is 3.75. The van der Waals surface area contributed by atoms with Crippen LogP contribution in [0.5, 0.6) is 5.75 Å². The van der Waals surface area contributed by atoms with E-state index in [1.165, 1.54) is 0 Å². The highest BCUT2D eigenvalue weighted by molar-refractivity contribution is 6.30. The number of aromatic nitrogens is 1. The van der Waals surface area contributed by atoms with Crippen LogP contribution in [0.15, 0.2) is 61.3 Å². The molecule has 1 N–H and O–H groups in total. The summed E-state index contributed by atoms with van der Waals surface area (Å²) in [4.78, 5) is 0. The van der Waals surface area contributed by atoms with Crippen molar-refractivity contribution in [2.45, 2.75) is 6.42 Å². The van der Waals surface area contributed by atoms with Crippen molar-refractivity contribution in [2.75, 3.05) is 0 Å². The summed E-state index contributed by atoms with van der Waals surface area (Å²) in [6.07, 6.45) is 4.45. The van der Waals surface area contributed by atoms with Gasteiger partial charge in [-0.25, -0.2) is 0 Å². The highest BCUT2D eigenvalue weighted by Gasteiger charge is 2.10. The summed E-state index contributed by atoms with van der Waals surface area (Å²) in [7, 11) is 0. The molecule has 0 atom stereocenters. The molecule has 3 aromatic rings. The lowest BCUT2D eigenvalue weighted by Gasteiger charge is -2.08. The van der Waals surface area contributed by atoms with Crippen molar-refractivity contribution in [3.63, 3.8) is 0 Å². The van der Waals surface area contributed by atoms with Gasteiger partial charge in [0.05, 0.1) is 5.52 Å². The van der Waals surface area contributed by atoms with Gasteiger partial charge in [-0.3, -0.25) is 0 Å². The summed E-state index contributed by atoms with van der Waals surface area (Å²) >= 11 is 5.93. The van der Waals surface area contributed by atoms with E-state index < -0.39 is 0 Å². The van der Waals surface area contributed by atoms with E-state index in [1.807, 2.05) is 42.6 Å². The molecule has 0 radical (unpaired) electrons. The minimum absolute atomic E-state index is 0.311. The molecule has 0 unspecified atom stereocenters. The van der Waals surface area contributed by atoms with Gasteiger partial charge in [-0.2, -0.15) is 0 Å². The van der Waals surface area contributed by atoms with Crippen molar-refractivity contribution in [3.8, 4) is 11.4 Å². The van der Waals surface area contributed by atoms with E-state index >= 15 is 0 Å². The van der Waals surface area contributed by atoms with E-state index in [9.17, 15) is 5.11 Å². The molecule has 0 bridgehead atoms. The Hall–Kier alpha value is -2.19. The Morgan fingerprint density at radius 2 is 1.85 bits per heavy atom. The largest absolute Gasteiger partial charge is 0.508 e. The topological polar surface area (TPSA) is 25.2 Å². The summed E-state index contributed by atoms with van der Waals surface area (Å²) < 4.78 is 2.08. The molecule has 0 fully saturated rings. The summed E-state index contributed by atoms with van der Waals surface area (Å²) in [5.74, 6) is 0.311. The van der Waals surface area contributed by atoms with E-state index in [1.54, 1.807) is 12.1 Å². The molecular weight excluding hydrogens is 270 g/mol. The third-order valence-corrected chi connectivity index (χ3v) is 3.66. The lowest BCUT2D eigenvalue weighted by Crippen LogP contribution is -1.92. The van der Waals surface area contributed by atoms with E-state index in [0.29, 0.717) is 12.2 Å². The third-order valence-electron chi connectivity index (χ3n) is 3.41. The lowest BCUT2D eigenvalue weighted by atomic mass is 10.1. The number of benzene rings is 2. The Morgan fingerprint density at radius 3 is 2.55 bits per heavy atom. The standard InChI is InChI=1S/C17H14ClNO/c1-2-3-15-14-10-11-19(16(14)8-9-17(15)20)13-6-4-12(18)5-7-13/h2,4-11,20H,1,3H2. The van der Waals surface area contributed by atoms with Crippen molar-refractivity contribution < 1.29 is 5.11 Å². The van der Waals surface area contributed by atoms with Crippen molar-refractivity contribution in [2.24, 2.45) is 0 Å². The monoisotopic (exact) mass is 283 g/mol. The number of phenols is 1. The number of aromatic hydroxyl groups is 1. The molecule has 0 saturated carbocycles. The first-order valence-electron chi connectivity index (χ1n) is 6.39. The van der Waals surface area contributed by atoms with Gasteiger partial charge in [-0.05, 0) is 48.9 Å². The molecular formula is C17H14ClNO. The maximum Gasteiger partial charge on any atom is 0.119 e. The number of fused-ring (bicyclic) bond motifs is 1. The smallest absolute Gasteiger partial charge is 0.119 e. The van der Waals surface area contributed by atoms with Gasteiger partial charge >= 0.3 is 0 Å². The van der Waals surface area contributed by atoms with E-state index in [2.05, 4.69) is 11.1 Å². The molecule has 1 heterocycles. The molecule has 0 spiro atoms. The van der Waals surface area contributed by atoms with Crippen LogP contribution in [0, 0.1) is 0 Å². The number of nitrogens with zero attached hydrogens (tertiary/aromatic N) is 1. The minimum Gasteiger partial charge on any atom is -0.508 e. The number of hydrogen-bond acceptors (Lipinski definition) is 1. The number of phenolic OH excluding ortho intramolecular Hbond substituents is 1. The molecule has 0 aliphatic rings. The minimum atomic E-state index is 0.311. The average Bonchev–Trinajstić information content (AvgIpc) is 2.87. The first-order valence-corrected chi connectivity index (χ1v) is 6.77. The van der Waals surface area contributed by atoms with Crippen LogP contribution < -0.4 is 0 Å². The number of halogens is 1. The number of allylic oxidation sites excluding steroid dienone is 1. The van der Waals surface area contributed by atoms with E-state index in [0.717, 1.165) is 27.2 Å². The molecule has 2 nitrogen and oxygen atoms in total.